The molecule has 0 bridgehead atoms. The molecular formula is C15H17NO2S. The smallest absolute Gasteiger partial charge is 0.340 e. The van der Waals surface area contributed by atoms with E-state index in [1.165, 1.54) is 9.75 Å². The molecule has 0 spiro atoms. The highest BCUT2D eigenvalue weighted by molar-refractivity contribution is 7.11. The van der Waals surface area contributed by atoms with Crippen molar-refractivity contribution in [2.24, 2.45) is 0 Å². The van der Waals surface area contributed by atoms with Crippen LogP contribution in [-0.4, -0.2) is 12.6 Å². The van der Waals surface area contributed by atoms with Crippen molar-refractivity contribution in [2.75, 3.05) is 11.9 Å². The minimum Gasteiger partial charge on any atom is -0.462 e. The molecule has 2 rings (SSSR count). The van der Waals surface area contributed by atoms with Gasteiger partial charge in [0.15, 0.2) is 0 Å². The van der Waals surface area contributed by atoms with E-state index in [1.54, 1.807) is 17.4 Å². The monoisotopic (exact) mass is 275 g/mol. The van der Waals surface area contributed by atoms with E-state index in [2.05, 4.69) is 24.4 Å². The van der Waals surface area contributed by atoms with E-state index < -0.39 is 0 Å². The maximum absolute atomic E-state index is 11.8. The van der Waals surface area contributed by atoms with Crippen molar-refractivity contribution in [1.29, 1.82) is 0 Å². The Labute approximate surface area is 117 Å². The maximum atomic E-state index is 11.8. The van der Waals surface area contributed by atoms with Gasteiger partial charge in [0.2, 0.25) is 0 Å². The van der Waals surface area contributed by atoms with Crippen LogP contribution in [0, 0.1) is 6.92 Å². The summed E-state index contributed by atoms with van der Waals surface area (Å²) in [5.74, 6) is -0.284. The van der Waals surface area contributed by atoms with Crippen molar-refractivity contribution < 1.29 is 9.53 Å². The first kappa shape index (κ1) is 13.6. The number of ether oxygens (including phenoxy) is 1. The summed E-state index contributed by atoms with van der Waals surface area (Å²) in [6, 6.07) is 11.6. The number of carbonyl (C=O) groups is 1. The van der Waals surface area contributed by atoms with E-state index in [4.69, 9.17) is 4.74 Å². The molecule has 1 N–H and O–H groups in total. The second-order valence-corrected chi connectivity index (χ2v) is 5.50. The van der Waals surface area contributed by atoms with Gasteiger partial charge in [0, 0.05) is 22.0 Å². The Bertz CT molecular complexity index is 563. The van der Waals surface area contributed by atoms with Gasteiger partial charge in [-0.2, -0.15) is 0 Å². The number of para-hydroxylation sites is 1. The van der Waals surface area contributed by atoms with Crippen molar-refractivity contribution in [2.45, 2.75) is 20.4 Å². The molecule has 0 aliphatic heterocycles. The normalized spacial score (nSPS) is 10.2. The summed E-state index contributed by atoms with van der Waals surface area (Å²) in [5, 5.41) is 3.29. The van der Waals surface area contributed by atoms with Crippen LogP contribution in [0.3, 0.4) is 0 Å². The van der Waals surface area contributed by atoms with Crippen LogP contribution >= 0.6 is 11.3 Å². The summed E-state index contributed by atoms with van der Waals surface area (Å²) in [7, 11) is 0. The molecule has 1 heterocycles. The first-order valence-electron chi connectivity index (χ1n) is 6.26. The summed E-state index contributed by atoms with van der Waals surface area (Å²) in [6.45, 7) is 5.00. The van der Waals surface area contributed by atoms with Crippen LogP contribution in [0.5, 0.6) is 0 Å². The molecule has 2 aromatic rings. The van der Waals surface area contributed by atoms with Crippen molar-refractivity contribution in [3.05, 3.63) is 51.7 Å². The molecule has 0 saturated carbocycles. The molecule has 0 radical (unpaired) electrons. The highest BCUT2D eigenvalue weighted by Crippen LogP contribution is 2.20. The highest BCUT2D eigenvalue weighted by atomic mass is 32.1. The molecule has 1 aromatic heterocycles. The zero-order chi connectivity index (χ0) is 13.7. The van der Waals surface area contributed by atoms with Gasteiger partial charge in [-0.1, -0.05) is 12.1 Å². The molecule has 4 heteroatoms. The van der Waals surface area contributed by atoms with E-state index >= 15 is 0 Å². The number of anilines is 1. The standard InChI is InChI=1S/C15H17NO2S/c1-3-18-15(17)13-6-4-5-7-14(13)16-10-12-9-8-11(2)19-12/h4-9,16H,3,10H2,1-2H3. The number of carbonyl (C=O) groups excluding carboxylic acids is 1. The van der Waals surface area contributed by atoms with Crippen LogP contribution < -0.4 is 5.32 Å². The average Bonchev–Trinajstić information content (AvgIpc) is 2.83. The maximum Gasteiger partial charge on any atom is 0.340 e. The predicted octanol–water partition coefficient (Wildman–Crippen LogP) is 3.85. The SMILES string of the molecule is CCOC(=O)c1ccccc1NCc1ccc(C)s1. The Balaban J connectivity index is 2.09. The van der Waals surface area contributed by atoms with Gasteiger partial charge in [0.25, 0.3) is 0 Å². The third kappa shape index (κ3) is 3.58. The van der Waals surface area contributed by atoms with Gasteiger partial charge in [-0.05, 0) is 38.1 Å². The molecule has 0 unspecified atom stereocenters. The lowest BCUT2D eigenvalue weighted by Gasteiger charge is -2.10. The first-order chi connectivity index (χ1) is 9.20. The zero-order valence-corrected chi connectivity index (χ0v) is 11.9. The Morgan fingerprint density at radius 3 is 2.74 bits per heavy atom. The van der Waals surface area contributed by atoms with Gasteiger partial charge >= 0.3 is 5.97 Å². The quantitative estimate of drug-likeness (QED) is 0.842. The molecule has 0 saturated heterocycles. The van der Waals surface area contributed by atoms with Crippen LogP contribution in [0.1, 0.15) is 27.0 Å². The highest BCUT2D eigenvalue weighted by Gasteiger charge is 2.11. The van der Waals surface area contributed by atoms with E-state index in [9.17, 15) is 4.79 Å². The minimum atomic E-state index is -0.284. The molecule has 1 aromatic carbocycles. The molecule has 0 aliphatic rings. The predicted molar refractivity (Wildman–Crippen MR) is 78.8 cm³/mol. The fraction of sp³-hybridized carbons (Fsp3) is 0.267. The number of esters is 1. The summed E-state index contributed by atoms with van der Waals surface area (Å²) < 4.78 is 5.05. The fourth-order valence-electron chi connectivity index (χ4n) is 1.79. The lowest BCUT2D eigenvalue weighted by Crippen LogP contribution is -2.09. The molecule has 0 atom stereocenters. The number of thiophene rings is 1. The molecule has 100 valence electrons. The molecule has 0 amide bonds. The van der Waals surface area contributed by atoms with Gasteiger partial charge in [0.05, 0.1) is 12.2 Å². The second kappa shape index (κ2) is 6.38. The minimum absolute atomic E-state index is 0.284. The van der Waals surface area contributed by atoms with Gasteiger partial charge in [-0.25, -0.2) is 4.79 Å². The summed E-state index contributed by atoms with van der Waals surface area (Å²) in [5.41, 5.74) is 1.39. The molecule has 0 aliphatic carbocycles. The van der Waals surface area contributed by atoms with Crippen LogP contribution in [0.4, 0.5) is 5.69 Å². The molecular weight excluding hydrogens is 258 g/mol. The van der Waals surface area contributed by atoms with Crippen LogP contribution in [-0.2, 0) is 11.3 Å². The third-order valence-corrected chi connectivity index (χ3v) is 3.67. The van der Waals surface area contributed by atoms with Crippen LogP contribution in [0.25, 0.3) is 0 Å². The van der Waals surface area contributed by atoms with Crippen LogP contribution in [0.2, 0.25) is 0 Å². The Kier molecular flexibility index (Phi) is 4.58. The molecule has 0 fully saturated rings. The Hall–Kier alpha value is -1.81. The number of aryl methyl sites for hydroxylation is 1. The number of hydrogen-bond donors (Lipinski definition) is 1. The largest absolute Gasteiger partial charge is 0.462 e. The number of nitrogens with one attached hydrogen (secondary N) is 1. The average molecular weight is 275 g/mol. The third-order valence-electron chi connectivity index (χ3n) is 2.67. The van der Waals surface area contributed by atoms with E-state index in [0.29, 0.717) is 12.2 Å². The zero-order valence-electron chi connectivity index (χ0n) is 11.1. The topological polar surface area (TPSA) is 38.3 Å². The van der Waals surface area contributed by atoms with E-state index in [0.717, 1.165) is 12.2 Å². The summed E-state index contributed by atoms with van der Waals surface area (Å²) >= 11 is 1.75. The second-order valence-electron chi connectivity index (χ2n) is 4.13. The Morgan fingerprint density at radius 2 is 2.05 bits per heavy atom. The molecule has 3 nitrogen and oxygen atoms in total. The first-order valence-corrected chi connectivity index (χ1v) is 7.07. The van der Waals surface area contributed by atoms with Crippen molar-refractivity contribution in [1.82, 2.24) is 0 Å². The molecule has 19 heavy (non-hydrogen) atoms. The van der Waals surface area contributed by atoms with Crippen LogP contribution in [0.15, 0.2) is 36.4 Å². The number of hydrogen-bond acceptors (Lipinski definition) is 4. The summed E-state index contributed by atoms with van der Waals surface area (Å²) in [4.78, 5) is 14.4. The fourth-order valence-corrected chi connectivity index (χ4v) is 2.62. The van der Waals surface area contributed by atoms with Gasteiger partial charge < -0.3 is 10.1 Å². The van der Waals surface area contributed by atoms with Crippen molar-refractivity contribution in [3.63, 3.8) is 0 Å². The summed E-state index contributed by atoms with van der Waals surface area (Å²) in [6.07, 6.45) is 0. The number of rotatable bonds is 5. The Morgan fingerprint density at radius 1 is 1.26 bits per heavy atom. The van der Waals surface area contributed by atoms with Crippen molar-refractivity contribution in [3.8, 4) is 0 Å². The van der Waals surface area contributed by atoms with Gasteiger partial charge in [-0.3, -0.25) is 0 Å². The van der Waals surface area contributed by atoms with Gasteiger partial charge in [0.1, 0.15) is 0 Å². The van der Waals surface area contributed by atoms with E-state index in [1.807, 2.05) is 25.1 Å². The lowest BCUT2D eigenvalue weighted by atomic mass is 10.2. The number of benzene rings is 1. The van der Waals surface area contributed by atoms with Gasteiger partial charge in [-0.15, -0.1) is 11.3 Å². The van der Waals surface area contributed by atoms with Crippen molar-refractivity contribution >= 4 is 23.0 Å². The van der Waals surface area contributed by atoms with E-state index in [-0.39, 0.29) is 5.97 Å². The lowest BCUT2D eigenvalue weighted by molar-refractivity contribution is 0.0527.